The third-order valence-electron chi connectivity index (χ3n) is 4.99. The number of carbonyl (C=O) groups is 1. The second kappa shape index (κ2) is 10.7. The summed E-state index contributed by atoms with van der Waals surface area (Å²) in [6.45, 7) is 0.539. The Kier molecular flexibility index (Phi) is 7.95. The van der Waals surface area contributed by atoms with Gasteiger partial charge in [-0.15, -0.1) is 0 Å². The Balaban J connectivity index is 1.89. The first-order valence-corrected chi connectivity index (χ1v) is 11.8. The van der Waals surface area contributed by atoms with E-state index in [9.17, 15) is 26.4 Å². The van der Waals surface area contributed by atoms with Gasteiger partial charge < -0.3 is 9.80 Å². The van der Waals surface area contributed by atoms with Crippen LogP contribution in [0.5, 0.6) is 0 Å². The summed E-state index contributed by atoms with van der Waals surface area (Å²) in [5, 5.41) is 0. The number of benzene rings is 3. The highest BCUT2D eigenvalue weighted by atomic mass is 32.2. The lowest BCUT2D eigenvalue weighted by Gasteiger charge is -2.25. The first-order chi connectivity index (χ1) is 16.1. The molecule has 0 aromatic heterocycles. The van der Waals surface area contributed by atoms with Gasteiger partial charge >= 0.3 is 0 Å². The van der Waals surface area contributed by atoms with Crippen molar-refractivity contribution in [2.45, 2.75) is 11.4 Å². The predicted molar refractivity (Wildman–Crippen MR) is 123 cm³/mol. The number of amides is 1. The molecule has 10 heteroatoms. The molecule has 180 valence electrons. The Morgan fingerprint density at radius 2 is 1.62 bits per heavy atom. The van der Waals surface area contributed by atoms with Crippen LogP contribution < -0.4 is 4.72 Å². The average Bonchev–Trinajstić information content (AvgIpc) is 2.79. The summed E-state index contributed by atoms with van der Waals surface area (Å²) in [5.74, 6) is -2.79. The van der Waals surface area contributed by atoms with Gasteiger partial charge in [0.1, 0.15) is 17.5 Å². The van der Waals surface area contributed by atoms with Gasteiger partial charge in [-0.1, -0.05) is 24.3 Å². The van der Waals surface area contributed by atoms with E-state index in [2.05, 4.69) is 4.72 Å². The van der Waals surface area contributed by atoms with Crippen molar-refractivity contribution in [1.82, 2.24) is 9.80 Å². The second-order valence-electron chi connectivity index (χ2n) is 7.88. The first kappa shape index (κ1) is 25.3. The summed E-state index contributed by atoms with van der Waals surface area (Å²) < 4.78 is 69.2. The Morgan fingerprint density at radius 1 is 0.882 bits per heavy atom. The number of nitrogens with one attached hydrogen (secondary N) is 1. The minimum absolute atomic E-state index is 0.0534. The number of likely N-dealkylation sites (N-methyl/N-ethyl adjacent to an activating group) is 1. The standard InChI is InChI=1S/C24H24F3N3O3S/c1-29(2)12-13-30(16-18-10-11-19(25)15-22(18)27)24(31)17-6-5-7-20(14-17)34(32,33)28-23-9-4-3-8-21(23)26/h3-11,14-15,28H,12-13,16H2,1-2H3. The van der Waals surface area contributed by atoms with Crippen molar-refractivity contribution in [1.29, 1.82) is 0 Å². The molecular formula is C24H24F3N3O3S. The molecule has 0 unspecified atom stereocenters. The van der Waals surface area contributed by atoms with E-state index in [1.165, 1.54) is 53.4 Å². The summed E-state index contributed by atoms with van der Waals surface area (Å²) >= 11 is 0. The average molecular weight is 492 g/mol. The Labute approximate surface area is 196 Å². The minimum Gasteiger partial charge on any atom is -0.333 e. The van der Waals surface area contributed by atoms with Crippen LogP contribution in [0.15, 0.2) is 71.6 Å². The lowest BCUT2D eigenvalue weighted by molar-refractivity contribution is 0.0730. The molecule has 0 atom stereocenters. The van der Waals surface area contributed by atoms with Crippen molar-refractivity contribution >= 4 is 21.6 Å². The van der Waals surface area contributed by atoms with Crippen molar-refractivity contribution in [2.24, 2.45) is 0 Å². The lowest BCUT2D eigenvalue weighted by atomic mass is 10.1. The number of halogens is 3. The molecule has 1 amide bonds. The van der Waals surface area contributed by atoms with E-state index < -0.39 is 33.4 Å². The molecule has 3 aromatic rings. The third-order valence-corrected chi connectivity index (χ3v) is 6.35. The molecule has 6 nitrogen and oxygen atoms in total. The highest BCUT2D eigenvalue weighted by Gasteiger charge is 2.22. The van der Waals surface area contributed by atoms with Crippen molar-refractivity contribution in [3.05, 3.63) is 95.3 Å². The molecule has 0 saturated heterocycles. The minimum atomic E-state index is -4.18. The van der Waals surface area contributed by atoms with Gasteiger partial charge in [-0.3, -0.25) is 9.52 Å². The summed E-state index contributed by atoms with van der Waals surface area (Å²) in [4.78, 5) is 16.2. The zero-order valence-electron chi connectivity index (χ0n) is 18.6. The van der Waals surface area contributed by atoms with Crippen LogP contribution in [0, 0.1) is 17.5 Å². The third kappa shape index (κ3) is 6.36. The number of hydrogen-bond donors (Lipinski definition) is 1. The van der Waals surface area contributed by atoms with E-state index in [1.807, 2.05) is 19.0 Å². The molecule has 0 aliphatic rings. The molecule has 0 heterocycles. The highest BCUT2D eigenvalue weighted by Crippen LogP contribution is 2.21. The topological polar surface area (TPSA) is 69.7 Å². The number of rotatable bonds is 9. The monoisotopic (exact) mass is 491 g/mol. The van der Waals surface area contributed by atoms with Crippen molar-refractivity contribution in [3.8, 4) is 0 Å². The fourth-order valence-electron chi connectivity index (χ4n) is 3.16. The number of nitrogens with zero attached hydrogens (tertiary/aromatic N) is 2. The molecule has 3 rings (SSSR count). The first-order valence-electron chi connectivity index (χ1n) is 10.3. The van der Waals surface area contributed by atoms with Crippen LogP contribution in [-0.2, 0) is 16.6 Å². The number of anilines is 1. The van der Waals surface area contributed by atoms with Crippen molar-refractivity contribution in [3.63, 3.8) is 0 Å². The summed E-state index contributed by atoms with van der Waals surface area (Å²) in [7, 11) is -0.568. The number of sulfonamides is 1. The van der Waals surface area contributed by atoms with Crippen LogP contribution in [0.1, 0.15) is 15.9 Å². The van der Waals surface area contributed by atoms with Gasteiger partial charge in [-0.2, -0.15) is 0 Å². The normalized spacial score (nSPS) is 11.5. The van der Waals surface area contributed by atoms with Gasteiger partial charge in [0, 0.05) is 36.8 Å². The maximum Gasteiger partial charge on any atom is 0.262 e. The van der Waals surface area contributed by atoms with E-state index in [0.29, 0.717) is 6.54 Å². The number of para-hydroxylation sites is 1. The SMILES string of the molecule is CN(C)CCN(Cc1ccc(F)cc1F)C(=O)c1cccc(S(=O)(=O)Nc2ccccc2F)c1. The van der Waals surface area contributed by atoms with Crippen LogP contribution in [0.4, 0.5) is 18.9 Å². The van der Waals surface area contributed by atoms with E-state index in [1.54, 1.807) is 0 Å². The smallest absolute Gasteiger partial charge is 0.262 e. The molecule has 0 spiro atoms. The molecule has 34 heavy (non-hydrogen) atoms. The zero-order chi connectivity index (χ0) is 24.9. The van der Waals surface area contributed by atoms with Gasteiger partial charge in [-0.25, -0.2) is 21.6 Å². The van der Waals surface area contributed by atoms with Gasteiger partial charge in [0.15, 0.2) is 0 Å². The Bertz CT molecular complexity index is 1280. The van der Waals surface area contributed by atoms with Gasteiger partial charge in [0.2, 0.25) is 0 Å². The van der Waals surface area contributed by atoms with Crippen molar-refractivity contribution in [2.75, 3.05) is 31.9 Å². The fraction of sp³-hybridized carbons (Fsp3) is 0.208. The Hall–Kier alpha value is -3.37. The summed E-state index contributed by atoms with van der Waals surface area (Å²) in [6.07, 6.45) is 0. The maximum absolute atomic E-state index is 14.2. The van der Waals surface area contributed by atoms with E-state index >= 15 is 0 Å². The lowest BCUT2D eigenvalue weighted by Crippen LogP contribution is -2.36. The Morgan fingerprint density at radius 3 is 2.29 bits per heavy atom. The highest BCUT2D eigenvalue weighted by molar-refractivity contribution is 7.92. The molecular weight excluding hydrogens is 467 g/mol. The van der Waals surface area contributed by atoms with E-state index in [0.717, 1.165) is 18.2 Å². The number of carbonyl (C=O) groups excluding carboxylic acids is 1. The number of hydrogen-bond acceptors (Lipinski definition) is 4. The largest absolute Gasteiger partial charge is 0.333 e. The quantitative estimate of drug-likeness (QED) is 0.489. The van der Waals surface area contributed by atoms with E-state index in [-0.39, 0.29) is 34.8 Å². The van der Waals surface area contributed by atoms with Crippen LogP contribution in [-0.4, -0.2) is 51.3 Å². The van der Waals surface area contributed by atoms with E-state index in [4.69, 9.17) is 0 Å². The predicted octanol–water partition coefficient (Wildman–Crippen LogP) is 4.11. The maximum atomic E-state index is 14.2. The molecule has 3 aromatic carbocycles. The zero-order valence-corrected chi connectivity index (χ0v) is 19.4. The van der Waals surface area contributed by atoms with Crippen molar-refractivity contribution < 1.29 is 26.4 Å². The molecule has 0 saturated carbocycles. The van der Waals surface area contributed by atoms with Crippen LogP contribution in [0.3, 0.4) is 0 Å². The molecule has 0 aliphatic heterocycles. The van der Waals surface area contributed by atoms with Crippen LogP contribution in [0.2, 0.25) is 0 Å². The van der Waals surface area contributed by atoms with Crippen LogP contribution >= 0.6 is 0 Å². The summed E-state index contributed by atoms with van der Waals surface area (Å²) in [6, 6.07) is 13.7. The molecule has 0 radical (unpaired) electrons. The molecule has 0 fully saturated rings. The molecule has 1 N–H and O–H groups in total. The van der Waals surface area contributed by atoms with Gasteiger partial charge in [0.25, 0.3) is 15.9 Å². The fourth-order valence-corrected chi connectivity index (χ4v) is 4.27. The van der Waals surface area contributed by atoms with Gasteiger partial charge in [-0.05, 0) is 50.5 Å². The van der Waals surface area contributed by atoms with Gasteiger partial charge in [0.05, 0.1) is 10.6 Å². The second-order valence-corrected chi connectivity index (χ2v) is 9.56. The summed E-state index contributed by atoms with van der Waals surface area (Å²) in [5.41, 5.74) is -0.0465. The molecule has 0 bridgehead atoms. The molecule has 0 aliphatic carbocycles. The van der Waals surface area contributed by atoms with Crippen LogP contribution in [0.25, 0.3) is 0 Å².